The molecule has 0 atom stereocenters. The summed E-state index contributed by atoms with van der Waals surface area (Å²) in [5.74, 6) is 0. The molecule has 0 aromatic carbocycles. The van der Waals surface area contributed by atoms with Gasteiger partial charge in [-0.05, 0) is 34.2 Å². The van der Waals surface area contributed by atoms with Crippen LogP contribution in [0.5, 0.6) is 0 Å². The second-order valence-electron chi connectivity index (χ2n) is 1.68. The first kappa shape index (κ1) is 7.53. The van der Waals surface area contributed by atoms with Gasteiger partial charge in [-0.15, -0.1) is 0 Å². The maximum Gasteiger partial charge on any atom is 0.349 e. The first-order valence-corrected chi connectivity index (χ1v) is 3.73. The van der Waals surface area contributed by atoms with E-state index in [-0.39, 0.29) is 5.63 Å². The van der Waals surface area contributed by atoms with E-state index in [0.29, 0.717) is 3.57 Å². The van der Waals surface area contributed by atoms with Crippen molar-refractivity contribution in [1.82, 2.24) is 0 Å². The normalized spacial score (nSPS) is 9.30. The summed E-state index contributed by atoms with van der Waals surface area (Å²) in [7, 11) is 0. The highest BCUT2D eigenvalue weighted by Crippen LogP contribution is 2.06. The Morgan fingerprint density at radius 3 is 2.90 bits per heavy atom. The molecule has 10 heavy (non-hydrogen) atoms. The summed E-state index contributed by atoms with van der Waals surface area (Å²) in [5.41, 5.74) is 0.509. The van der Waals surface area contributed by atoms with Crippen LogP contribution in [0.3, 0.4) is 0 Å². The van der Waals surface area contributed by atoms with E-state index in [9.17, 15) is 4.79 Å². The zero-order chi connectivity index (χ0) is 7.56. The van der Waals surface area contributed by atoms with Crippen molar-refractivity contribution in [2.75, 3.05) is 0 Å². The van der Waals surface area contributed by atoms with Crippen molar-refractivity contribution < 1.29 is 4.42 Å². The van der Waals surface area contributed by atoms with Crippen molar-refractivity contribution in [3.8, 4) is 0 Å². The molecule has 1 aromatic heterocycles. The van der Waals surface area contributed by atoms with Gasteiger partial charge in [0.2, 0.25) is 0 Å². The minimum atomic E-state index is -0.307. The minimum Gasteiger partial charge on any atom is -0.431 e. The minimum absolute atomic E-state index is 0.307. The van der Waals surface area contributed by atoms with Gasteiger partial charge in [-0.3, -0.25) is 0 Å². The maximum atomic E-state index is 10.8. The Kier molecular flexibility index (Phi) is 2.26. The smallest absolute Gasteiger partial charge is 0.349 e. The van der Waals surface area contributed by atoms with Crippen LogP contribution >= 0.6 is 22.6 Å². The molecule has 0 N–H and O–H groups in total. The van der Waals surface area contributed by atoms with Crippen LogP contribution in [-0.4, -0.2) is 0 Å². The average molecular weight is 248 g/mol. The van der Waals surface area contributed by atoms with Crippen LogP contribution in [0.25, 0.3) is 6.08 Å². The average Bonchev–Trinajstić information content (AvgIpc) is 1.95. The Bertz CT molecular complexity index is 301. The zero-order valence-electron chi connectivity index (χ0n) is 5.13. The molecule has 0 spiro atoms. The van der Waals surface area contributed by atoms with Gasteiger partial charge >= 0.3 is 5.63 Å². The summed E-state index contributed by atoms with van der Waals surface area (Å²) in [6.45, 7) is 3.55. The van der Waals surface area contributed by atoms with Gasteiger partial charge in [0.15, 0.2) is 0 Å². The van der Waals surface area contributed by atoms with E-state index < -0.39 is 0 Å². The lowest BCUT2D eigenvalue weighted by atomic mass is 10.3. The highest BCUT2D eigenvalue weighted by Gasteiger charge is 1.99. The lowest BCUT2D eigenvalue weighted by Gasteiger charge is -1.91. The van der Waals surface area contributed by atoms with Crippen molar-refractivity contribution in [3.63, 3.8) is 0 Å². The van der Waals surface area contributed by atoms with Crippen molar-refractivity contribution in [1.29, 1.82) is 0 Å². The number of hydrogen-bond acceptors (Lipinski definition) is 2. The fourth-order valence-electron chi connectivity index (χ4n) is 0.570. The zero-order valence-corrected chi connectivity index (χ0v) is 7.29. The van der Waals surface area contributed by atoms with Gasteiger partial charge in [-0.25, -0.2) is 4.79 Å². The molecule has 0 aliphatic rings. The van der Waals surface area contributed by atoms with Gasteiger partial charge in [-0.2, -0.15) is 0 Å². The molecule has 0 saturated heterocycles. The van der Waals surface area contributed by atoms with Crippen molar-refractivity contribution >= 4 is 28.7 Å². The van der Waals surface area contributed by atoms with Crippen LogP contribution in [0.15, 0.2) is 28.1 Å². The summed E-state index contributed by atoms with van der Waals surface area (Å²) in [5, 5.41) is 0. The second-order valence-corrected chi connectivity index (χ2v) is 2.76. The monoisotopic (exact) mass is 248 g/mol. The van der Waals surface area contributed by atoms with Gasteiger partial charge in [-0.1, -0.05) is 12.7 Å². The molecule has 1 heterocycles. The number of halogens is 1. The molecule has 1 aromatic rings. The Morgan fingerprint density at radius 1 is 1.70 bits per heavy atom. The van der Waals surface area contributed by atoms with E-state index in [1.165, 1.54) is 6.26 Å². The fourth-order valence-corrected chi connectivity index (χ4v) is 1.10. The standard InChI is InChI=1S/C7H5IO2/c1-2-5-3-4-10-7(9)6(5)8/h2-4H,1H2. The van der Waals surface area contributed by atoms with Gasteiger partial charge in [0.1, 0.15) is 3.57 Å². The molecule has 52 valence electrons. The first-order valence-electron chi connectivity index (χ1n) is 2.65. The third-order valence-electron chi connectivity index (χ3n) is 1.08. The highest BCUT2D eigenvalue weighted by atomic mass is 127. The van der Waals surface area contributed by atoms with Crippen LogP contribution in [-0.2, 0) is 0 Å². The number of rotatable bonds is 1. The van der Waals surface area contributed by atoms with E-state index in [1.807, 2.05) is 22.6 Å². The molecule has 0 fully saturated rings. The lowest BCUT2D eigenvalue weighted by molar-refractivity contribution is 0.505. The van der Waals surface area contributed by atoms with Crippen molar-refractivity contribution in [2.24, 2.45) is 0 Å². The molecule has 0 bridgehead atoms. The molecule has 2 nitrogen and oxygen atoms in total. The largest absolute Gasteiger partial charge is 0.431 e. The Labute approximate surface area is 71.7 Å². The predicted octanol–water partition coefficient (Wildman–Crippen LogP) is 1.89. The number of hydrogen-bond donors (Lipinski definition) is 0. The van der Waals surface area contributed by atoms with E-state index in [0.717, 1.165) is 5.56 Å². The molecule has 0 aliphatic carbocycles. The Hall–Kier alpha value is -0.580. The fraction of sp³-hybridized carbons (Fsp3) is 0. The molecule has 0 unspecified atom stereocenters. The molecule has 3 heteroatoms. The van der Waals surface area contributed by atoms with Crippen LogP contribution < -0.4 is 5.63 Å². The van der Waals surface area contributed by atoms with Gasteiger partial charge in [0, 0.05) is 0 Å². The highest BCUT2D eigenvalue weighted by molar-refractivity contribution is 14.1. The van der Waals surface area contributed by atoms with Crippen molar-refractivity contribution in [3.05, 3.63) is 38.5 Å². The summed E-state index contributed by atoms with van der Waals surface area (Å²) < 4.78 is 5.17. The van der Waals surface area contributed by atoms with E-state index in [4.69, 9.17) is 0 Å². The maximum absolute atomic E-state index is 10.8. The quantitative estimate of drug-likeness (QED) is 0.710. The Morgan fingerprint density at radius 2 is 2.40 bits per heavy atom. The summed E-state index contributed by atoms with van der Waals surface area (Å²) >= 11 is 1.93. The predicted molar refractivity (Wildman–Crippen MR) is 47.8 cm³/mol. The lowest BCUT2D eigenvalue weighted by Crippen LogP contribution is -2.03. The van der Waals surface area contributed by atoms with Crippen LogP contribution in [0, 0.1) is 3.57 Å². The third-order valence-corrected chi connectivity index (χ3v) is 2.14. The molecule has 0 aliphatic heterocycles. The molecular formula is C7H5IO2. The van der Waals surface area contributed by atoms with E-state index in [2.05, 4.69) is 11.0 Å². The van der Waals surface area contributed by atoms with Crippen LogP contribution in [0.1, 0.15) is 5.56 Å². The van der Waals surface area contributed by atoms with E-state index >= 15 is 0 Å². The Balaban J connectivity index is 3.41. The summed E-state index contributed by atoms with van der Waals surface area (Å²) in [4.78, 5) is 10.8. The van der Waals surface area contributed by atoms with Gasteiger partial charge in [0.05, 0.1) is 6.26 Å². The van der Waals surface area contributed by atoms with Gasteiger partial charge in [0.25, 0.3) is 0 Å². The third kappa shape index (κ3) is 1.29. The molecule has 0 amide bonds. The second kappa shape index (κ2) is 3.01. The molecule has 1 rings (SSSR count). The molecule has 0 saturated carbocycles. The first-order chi connectivity index (χ1) is 4.75. The van der Waals surface area contributed by atoms with Gasteiger partial charge < -0.3 is 4.42 Å². The summed E-state index contributed by atoms with van der Waals surface area (Å²) in [6.07, 6.45) is 2.99. The van der Waals surface area contributed by atoms with Crippen molar-refractivity contribution in [2.45, 2.75) is 0 Å². The van der Waals surface area contributed by atoms with E-state index in [1.54, 1.807) is 12.1 Å². The van der Waals surface area contributed by atoms with Crippen LogP contribution in [0.4, 0.5) is 0 Å². The van der Waals surface area contributed by atoms with Crippen LogP contribution in [0.2, 0.25) is 0 Å². The SMILES string of the molecule is C=Cc1ccoc(=O)c1I. The molecular weight excluding hydrogens is 243 g/mol. The molecule has 0 radical (unpaired) electrons. The summed E-state index contributed by atoms with van der Waals surface area (Å²) in [6, 6.07) is 1.70. The topological polar surface area (TPSA) is 30.2 Å².